The number of esters is 1. The average Bonchev–Trinajstić information content (AvgIpc) is 2.67. The standard InChI is InChI=1S/C19H22N2O5S/c1-5-26-13-7-6-12(10-14(13)24-3)17-16(18(23)25-4)11(2)20-19-21(17)15(22)8-9-27-19/h6-7,10,17H,5,8-9H2,1-4H3. The maximum absolute atomic E-state index is 12.7. The number of rotatable bonds is 5. The van der Waals surface area contributed by atoms with Gasteiger partial charge in [0.2, 0.25) is 5.91 Å². The zero-order chi connectivity index (χ0) is 19.6. The van der Waals surface area contributed by atoms with Gasteiger partial charge in [-0.25, -0.2) is 9.79 Å². The van der Waals surface area contributed by atoms with E-state index in [9.17, 15) is 9.59 Å². The minimum atomic E-state index is -0.616. The monoisotopic (exact) mass is 390 g/mol. The van der Waals surface area contributed by atoms with Gasteiger partial charge in [0, 0.05) is 12.2 Å². The minimum absolute atomic E-state index is 0.0701. The van der Waals surface area contributed by atoms with Crippen molar-refractivity contribution in [2.24, 2.45) is 4.99 Å². The van der Waals surface area contributed by atoms with Gasteiger partial charge in [0.15, 0.2) is 16.7 Å². The summed E-state index contributed by atoms with van der Waals surface area (Å²) in [5, 5.41) is 0.606. The summed E-state index contributed by atoms with van der Waals surface area (Å²) in [5.41, 5.74) is 1.63. The molecule has 2 aliphatic rings. The fourth-order valence-electron chi connectivity index (χ4n) is 3.21. The molecule has 0 N–H and O–H groups in total. The molecule has 2 aliphatic heterocycles. The van der Waals surface area contributed by atoms with Crippen LogP contribution < -0.4 is 9.47 Å². The van der Waals surface area contributed by atoms with Crippen molar-refractivity contribution in [2.75, 3.05) is 26.6 Å². The zero-order valence-electron chi connectivity index (χ0n) is 15.8. The van der Waals surface area contributed by atoms with E-state index >= 15 is 0 Å². The Morgan fingerprint density at radius 3 is 2.78 bits per heavy atom. The van der Waals surface area contributed by atoms with E-state index in [0.717, 1.165) is 5.56 Å². The Bertz CT molecular complexity index is 833. The Morgan fingerprint density at radius 1 is 1.33 bits per heavy atom. The molecule has 27 heavy (non-hydrogen) atoms. The SMILES string of the molecule is CCOc1ccc(C2C(C(=O)OC)=C(C)N=C3SCCC(=O)N32)cc1OC. The minimum Gasteiger partial charge on any atom is -0.493 e. The van der Waals surface area contributed by atoms with E-state index in [1.54, 1.807) is 31.1 Å². The molecular formula is C19H22N2O5S. The summed E-state index contributed by atoms with van der Waals surface area (Å²) in [5.74, 6) is 1.25. The van der Waals surface area contributed by atoms with Gasteiger partial charge in [0.05, 0.1) is 38.1 Å². The summed E-state index contributed by atoms with van der Waals surface area (Å²) < 4.78 is 16.0. The van der Waals surface area contributed by atoms with E-state index < -0.39 is 12.0 Å². The number of ether oxygens (including phenoxy) is 3. The predicted molar refractivity (Wildman–Crippen MR) is 103 cm³/mol. The fraction of sp³-hybridized carbons (Fsp3) is 0.421. The molecule has 1 aromatic carbocycles. The van der Waals surface area contributed by atoms with Crippen molar-refractivity contribution in [3.05, 3.63) is 35.0 Å². The second-order valence-electron chi connectivity index (χ2n) is 5.99. The molecule has 1 fully saturated rings. The number of nitrogens with zero attached hydrogens (tertiary/aromatic N) is 2. The van der Waals surface area contributed by atoms with Gasteiger partial charge >= 0.3 is 5.97 Å². The molecule has 0 bridgehead atoms. The lowest BCUT2D eigenvalue weighted by atomic mass is 9.94. The first-order chi connectivity index (χ1) is 13.0. The van der Waals surface area contributed by atoms with E-state index in [4.69, 9.17) is 14.2 Å². The Morgan fingerprint density at radius 2 is 2.11 bits per heavy atom. The molecule has 1 unspecified atom stereocenters. The molecule has 0 radical (unpaired) electrons. The van der Waals surface area contributed by atoms with Crippen LogP contribution >= 0.6 is 11.8 Å². The van der Waals surface area contributed by atoms with Gasteiger partial charge in [-0.1, -0.05) is 17.8 Å². The summed E-state index contributed by atoms with van der Waals surface area (Å²) in [6.07, 6.45) is 0.391. The number of carbonyl (C=O) groups excluding carboxylic acids is 2. The highest BCUT2D eigenvalue weighted by Crippen LogP contribution is 2.42. The molecule has 1 atom stereocenters. The maximum atomic E-state index is 12.7. The zero-order valence-corrected chi connectivity index (χ0v) is 16.6. The van der Waals surface area contributed by atoms with E-state index in [2.05, 4.69) is 4.99 Å². The molecular weight excluding hydrogens is 368 g/mol. The van der Waals surface area contributed by atoms with Crippen LogP contribution in [0.25, 0.3) is 0 Å². The number of amidine groups is 1. The fourth-order valence-corrected chi connectivity index (χ4v) is 4.22. The van der Waals surface area contributed by atoms with Crippen LogP contribution in [-0.2, 0) is 14.3 Å². The van der Waals surface area contributed by atoms with Gasteiger partial charge < -0.3 is 14.2 Å². The van der Waals surface area contributed by atoms with Crippen molar-refractivity contribution < 1.29 is 23.8 Å². The number of allylic oxidation sites excluding steroid dienone is 1. The lowest BCUT2D eigenvalue weighted by molar-refractivity contribution is -0.137. The Kier molecular flexibility index (Phi) is 5.74. The van der Waals surface area contributed by atoms with E-state index in [-0.39, 0.29) is 5.91 Å². The van der Waals surface area contributed by atoms with E-state index in [1.807, 2.05) is 13.0 Å². The molecule has 1 aromatic rings. The number of amides is 1. The van der Waals surface area contributed by atoms with Gasteiger partial charge in [-0.2, -0.15) is 0 Å². The summed E-state index contributed by atoms with van der Waals surface area (Å²) in [6.45, 7) is 4.15. The van der Waals surface area contributed by atoms with Crippen molar-refractivity contribution in [1.82, 2.24) is 4.90 Å². The van der Waals surface area contributed by atoms with Crippen LogP contribution in [0, 0.1) is 0 Å². The first-order valence-electron chi connectivity index (χ1n) is 8.65. The summed E-state index contributed by atoms with van der Waals surface area (Å²) in [7, 11) is 2.88. The molecule has 0 aliphatic carbocycles. The number of benzene rings is 1. The van der Waals surface area contributed by atoms with Gasteiger partial charge in [0.25, 0.3) is 0 Å². The van der Waals surface area contributed by atoms with Crippen LogP contribution in [0.2, 0.25) is 0 Å². The maximum Gasteiger partial charge on any atom is 0.338 e. The molecule has 144 valence electrons. The molecule has 3 rings (SSSR count). The highest BCUT2D eigenvalue weighted by atomic mass is 32.2. The smallest absolute Gasteiger partial charge is 0.338 e. The second-order valence-corrected chi connectivity index (χ2v) is 7.06. The normalized spacial score (nSPS) is 19.4. The number of thioether (sulfide) groups is 1. The molecule has 0 aromatic heterocycles. The van der Waals surface area contributed by atoms with Crippen molar-refractivity contribution >= 4 is 28.8 Å². The Hall–Kier alpha value is -2.48. The lowest BCUT2D eigenvalue weighted by Gasteiger charge is -2.38. The van der Waals surface area contributed by atoms with E-state index in [0.29, 0.717) is 46.7 Å². The van der Waals surface area contributed by atoms with Gasteiger partial charge in [-0.15, -0.1) is 0 Å². The quantitative estimate of drug-likeness (QED) is 0.720. The first kappa shape index (κ1) is 19.3. The van der Waals surface area contributed by atoms with E-state index in [1.165, 1.54) is 18.9 Å². The van der Waals surface area contributed by atoms with Crippen LogP contribution in [-0.4, -0.2) is 48.5 Å². The van der Waals surface area contributed by atoms with Gasteiger partial charge in [-0.3, -0.25) is 9.69 Å². The average molecular weight is 390 g/mol. The number of aliphatic imine (C=N–C) groups is 1. The molecule has 1 amide bonds. The molecule has 7 nitrogen and oxygen atoms in total. The second kappa shape index (κ2) is 8.04. The highest BCUT2D eigenvalue weighted by molar-refractivity contribution is 8.14. The molecule has 0 saturated carbocycles. The van der Waals surface area contributed by atoms with Crippen molar-refractivity contribution in [3.63, 3.8) is 0 Å². The number of carbonyl (C=O) groups is 2. The summed E-state index contributed by atoms with van der Waals surface area (Å²) >= 11 is 1.51. The third-order valence-corrected chi connectivity index (χ3v) is 5.37. The van der Waals surface area contributed by atoms with Crippen molar-refractivity contribution in [3.8, 4) is 11.5 Å². The number of hydrogen-bond acceptors (Lipinski definition) is 7. The lowest BCUT2D eigenvalue weighted by Crippen LogP contribution is -2.45. The van der Waals surface area contributed by atoms with Gasteiger partial charge in [-0.05, 0) is 31.5 Å². The topological polar surface area (TPSA) is 77.4 Å². The largest absolute Gasteiger partial charge is 0.493 e. The van der Waals surface area contributed by atoms with Crippen LogP contribution in [0.1, 0.15) is 31.9 Å². The van der Waals surface area contributed by atoms with Crippen molar-refractivity contribution in [1.29, 1.82) is 0 Å². The van der Waals surface area contributed by atoms with Crippen molar-refractivity contribution in [2.45, 2.75) is 26.3 Å². The molecule has 1 saturated heterocycles. The third kappa shape index (κ3) is 3.53. The van der Waals surface area contributed by atoms with Crippen LogP contribution in [0.5, 0.6) is 11.5 Å². The summed E-state index contributed by atoms with van der Waals surface area (Å²) in [4.78, 5) is 31.3. The predicted octanol–water partition coefficient (Wildman–Crippen LogP) is 2.92. The molecule has 0 spiro atoms. The Balaban J connectivity index is 2.15. The molecule has 8 heteroatoms. The third-order valence-electron chi connectivity index (χ3n) is 4.42. The Labute approximate surface area is 162 Å². The highest BCUT2D eigenvalue weighted by Gasteiger charge is 2.41. The van der Waals surface area contributed by atoms with Crippen LogP contribution in [0.3, 0.4) is 0 Å². The number of hydrogen-bond donors (Lipinski definition) is 0. The number of fused-ring (bicyclic) bond motifs is 1. The van der Waals surface area contributed by atoms with Gasteiger partial charge in [0.1, 0.15) is 0 Å². The van der Waals surface area contributed by atoms with Crippen LogP contribution in [0.15, 0.2) is 34.5 Å². The van der Waals surface area contributed by atoms with Crippen LogP contribution in [0.4, 0.5) is 0 Å². The molecule has 2 heterocycles. The summed E-state index contributed by atoms with van der Waals surface area (Å²) in [6, 6.07) is 4.80. The number of methoxy groups -OCH3 is 2. The first-order valence-corrected chi connectivity index (χ1v) is 9.63.